The van der Waals surface area contributed by atoms with Crippen LogP contribution in [0.2, 0.25) is 0 Å². The van der Waals surface area contributed by atoms with E-state index < -0.39 is 0 Å². The molecule has 166 valence electrons. The molecule has 1 aliphatic heterocycles. The van der Waals surface area contributed by atoms with Crippen molar-refractivity contribution in [3.63, 3.8) is 0 Å². The Labute approximate surface area is 193 Å². The maximum absolute atomic E-state index is 5.26. The lowest BCUT2D eigenvalue weighted by atomic mass is 9.79. The third kappa shape index (κ3) is 4.72. The normalized spacial score (nSPS) is 17.7. The van der Waals surface area contributed by atoms with Crippen LogP contribution in [0.3, 0.4) is 0 Å². The quantitative estimate of drug-likeness (QED) is 0.454. The van der Waals surface area contributed by atoms with Gasteiger partial charge < -0.3 is 10.6 Å². The molecule has 5 rings (SSSR count). The topological polar surface area (TPSA) is 36.4 Å². The first-order chi connectivity index (χ1) is 15.8. The van der Waals surface area contributed by atoms with Crippen molar-refractivity contribution in [2.45, 2.75) is 57.4 Å². The monoisotopic (exact) mass is 425 g/mol. The van der Waals surface area contributed by atoms with Crippen LogP contribution in [0.25, 0.3) is 0 Å². The smallest absolute Gasteiger partial charge is 0.127 e. The molecule has 1 saturated carbocycles. The molecule has 0 atom stereocenters. The van der Waals surface area contributed by atoms with Gasteiger partial charge in [-0.2, -0.15) is 0 Å². The summed E-state index contributed by atoms with van der Waals surface area (Å²) in [4.78, 5) is 5.26. The van der Waals surface area contributed by atoms with Crippen molar-refractivity contribution in [2.24, 2.45) is 4.99 Å². The summed E-state index contributed by atoms with van der Waals surface area (Å²) in [5.74, 6) is 1.36. The van der Waals surface area contributed by atoms with Gasteiger partial charge in [0.25, 0.3) is 0 Å². The van der Waals surface area contributed by atoms with Gasteiger partial charge in [-0.25, -0.2) is 0 Å². The molecule has 0 bridgehead atoms. The first-order valence-corrected chi connectivity index (χ1v) is 12.1. The fraction of sp³-hybridized carbons (Fsp3) is 0.345. The third-order valence-corrected chi connectivity index (χ3v) is 6.55. The average molecular weight is 426 g/mol. The first kappa shape index (κ1) is 22.1. The van der Waals surface area contributed by atoms with Crippen LogP contribution in [-0.4, -0.2) is 17.9 Å². The van der Waals surface area contributed by atoms with Gasteiger partial charge in [0.1, 0.15) is 5.84 Å². The average Bonchev–Trinajstić information content (AvgIpc) is 2.87. The van der Waals surface area contributed by atoms with Crippen molar-refractivity contribution in [3.05, 3.63) is 96.1 Å². The van der Waals surface area contributed by atoms with Crippen LogP contribution in [-0.2, 0) is 0 Å². The van der Waals surface area contributed by atoms with Crippen LogP contribution in [0.1, 0.15) is 63.0 Å². The largest absolute Gasteiger partial charge is 0.371 e. The summed E-state index contributed by atoms with van der Waals surface area (Å²) in [6.45, 7) is 4.74. The molecule has 3 nitrogen and oxygen atoms in total. The number of para-hydroxylation sites is 2. The molecule has 1 fully saturated rings. The van der Waals surface area contributed by atoms with Crippen molar-refractivity contribution < 1.29 is 0 Å². The molecule has 1 spiro atoms. The van der Waals surface area contributed by atoms with Gasteiger partial charge in [-0.1, -0.05) is 106 Å². The summed E-state index contributed by atoms with van der Waals surface area (Å²) in [6.07, 6.45) is 6.07. The number of aliphatic imine (C=N–C) groups is 1. The van der Waals surface area contributed by atoms with Crippen LogP contribution < -0.4 is 10.6 Å². The van der Waals surface area contributed by atoms with Crippen LogP contribution in [0.5, 0.6) is 0 Å². The number of nitrogens with zero attached hydrogens (tertiary/aromatic N) is 1. The van der Waals surface area contributed by atoms with Crippen molar-refractivity contribution in [1.82, 2.24) is 0 Å². The molecule has 0 saturated heterocycles. The van der Waals surface area contributed by atoms with E-state index in [0.717, 1.165) is 30.9 Å². The molecule has 3 heteroatoms. The lowest BCUT2D eigenvalue weighted by Gasteiger charge is -2.44. The molecule has 0 amide bonds. The standard InChI is InChI=1S/C27H29N3.C2H6/c1-4-12-21(13-5-1)23(22-14-6-2-7-15-22)20-28-26-27(18-10-3-11-19-27)30-25-17-9-8-16-24(25)29-26;1-2/h1-2,4-9,12-17,23,30H,3,10-11,18-20H2,(H,28,29);1-2H3. The number of fused-ring (bicyclic) bond motifs is 1. The minimum atomic E-state index is -0.0650. The zero-order valence-corrected chi connectivity index (χ0v) is 19.4. The number of nitrogens with one attached hydrogen (secondary N) is 2. The summed E-state index contributed by atoms with van der Waals surface area (Å²) in [7, 11) is 0. The fourth-order valence-corrected chi connectivity index (χ4v) is 4.93. The number of hydrogen-bond donors (Lipinski definition) is 2. The van der Waals surface area contributed by atoms with Gasteiger partial charge in [-0.15, -0.1) is 0 Å². The molecule has 1 aliphatic carbocycles. The van der Waals surface area contributed by atoms with Gasteiger partial charge in [0, 0.05) is 5.92 Å². The summed E-state index contributed by atoms with van der Waals surface area (Å²) < 4.78 is 0. The van der Waals surface area contributed by atoms with Crippen LogP contribution in [0.4, 0.5) is 11.4 Å². The Morgan fingerprint density at radius 1 is 0.719 bits per heavy atom. The molecule has 0 radical (unpaired) electrons. The van der Waals surface area contributed by atoms with E-state index in [0.29, 0.717) is 0 Å². The summed E-state index contributed by atoms with van der Waals surface area (Å²) in [6, 6.07) is 30.0. The van der Waals surface area contributed by atoms with Crippen molar-refractivity contribution in [2.75, 3.05) is 17.2 Å². The van der Waals surface area contributed by atoms with E-state index in [2.05, 4.69) is 95.6 Å². The Balaban J connectivity index is 0.00000119. The summed E-state index contributed by atoms with van der Waals surface area (Å²) in [5, 5.41) is 7.58. The van der Waals surface area contributed by atoms with Gasteiger partial charge in [0.05, 0.1) is 23.5 Å². The van der Waals surface area contributed by atoms with E-state index >= 15 is 0 Å². The molecular weight excluding hydrogens is 390 g/mol. The molecule has 0 aromatic heterocycles. The highest BCUT2D eigenvalue weighted by atomic mass is 15.2. The minimum Gasteiger partial charge on any atom is -0.371 e. The predicted octanol–water partition coefficient (Wildman–Crippen LogP) is 7.48. The Bertz CT molecular complexity index is 965. The van der Waals surface area contributed by atoms with Gasteiger partial charge in [0.15, 0.2) is 0 Å². The highest BCUT2D eigenvalue weighted by Gasteiger charge is 2.40. The van der Waals surface area contributed by atoms with E-state index in [1.165, 1.54) is 36.1 Å². The maximum atomic E-state index is 5.26. The Morgan fingerprint density at radius 2 is 1.25 bits per heavy atom. The molecule has 32 heavy (non-hydrogen) atoms. The number of rotatable bonds is 4. The van der Waals surface area contributed by atoms with Crippen LogP contribution >= 0.6 is 0 Å². The second kappa shape index (κ2) is 10.5. The number of anilines is 2. The molecule has 3 aromatic carbocycles. The van der Waals surface area contributed by atoms with Crippen LogP contribution in [0, 0.1) is 0 Å². The Hall–Kier alpha value is -3.07. The zero-order chi connectivity index (χ0) is 22.2. The first-order valence-electron chi connectivity index (χ1n) is 12.1. The van der Waals surface area contributed by atoms with E-state index in [-0.39, 0.29) is 11.5 Å². The van der Waals surface area contributed by atoms with E-state index in [1.54, 1.807) is 0 Å². The second-order valence-corrected chi connectivity index (χ2v) is 8.50. The van der Waals surface area contributed by atoms with E-state index in [4.69, 9.17) is 4.99 Å². The molecule has 3 aromatic rings. The highest BCUT2D eigenvalue weighted by molar-refractivity contribution is 6.09. The number of benzene rings is 3. The van der Waals surface area contributed by atoms with Crippen molar-refractivity contribution in [3.8, 4) is 0 Å². The summed E-state index contributed by atoms with van der Waals surface area (Å²) in [5.41, 5.74) is 4.89. The van der Waals surface area contributed by atoms with Gasteiger partial charge >= 0.3 is 0 Å². The Kier molecular flexibility index (Phi) is 7.26. The van der Waals surface area contributed by atoms with E-state index in [1.807, 2.05) is 13.8 Å². The highest BCUT2D eigenvalue weighted by Crippen LogP contribution is 2.39. The third-order valence-electron chi connectivity index (χ3n) is 6.55. The Morgan fingerprint density at radius 3 is 1.84 bits per heavy atom. The maximum Gasteiger partial charge on any atom is 0.127 e. The fourth-order valence-electron chi connectivity index (χ4n) is 4.93. The summed E-state index contributed by atoms with van der Waals surface area (Å²) >= 11 is 0. The van der Waals surface area contributed by atoms with Crippen LogP contribution in [0.15, 0.2) is 89.9 Å². The SMILES string of the molecule is CC.c1ccc(C(CN=C2Nc3ccccc3NC23CCCCC3)c2ccccc2)cc1. The van der Waals surface area contributed by atoms with E-state index in [9.17, 15) is 0 Å². The molecule has 0 unspecified atom stereocenters. The van der Waals surface area contributed by atoms with Crippen molar-refractivity contribution >= 4 is 17.2 Å². The molecule has 1 heterocycles. The molecule has 2 aliphatic rings. The lowest BCUT2D eigenvalue weighted by molar-refractivity contribution is 0.402. The predicted molar refractivity (Wildman–Crippen MR) is 138 cm³/mol. The molecular formula is C29H35N3. The zero-order valence-electron chi connectivity index (χ0n) is 19.4. The number of amidine groups is 1. The van der Waals surface area contributed by atoms with Gasteiger partial charge in [-0.3, -0.25) is 4.99 Å². The minimum absolute atomic E-state index is 0.0650. The van der Waals surface area contributed by atoms with Gasteiger partial charge in [-0.05, 0) is 36.1 Å². The number of hydrogen-bond acceptors (Lipinski definition) is 2. The second-order valence-electron chi connectivity index (χ2n) is 8.50. The lowest BCUT2D eigenvalue weighted by Crippen LogP contribution is -2.53. The van der Waals surface area contributed by atoms with Crippen molar-refractivity contribution in [1.29, 1.82) is 0 Å². The molecule has 2 N–H and O–H groups in total. The van der Waals surface area contributed by atoms with Gasteiger partial charge in [0.2, 0.25) is 0 Å².